The Morgan fingerprint density at radius 1 is 0.895 bits per heavy atom. The van der Waals surface area contributed by atoms with Crippen LogP contribution in [0, 0.1) is 0 Å². The largest absolute Gasteiger partial charge is 0.391 e. The lowest BCUT2D eigenvalue weighted by molar-refractivity contribution is -0.0452. The summed E-state index contributed by atoms with van der Waals surface area (Å²) >= 11 is 0. The average Bonchev–Trinajstić information content (AvgIpc) is 2.63. The van der Waals surface area contributed by atoms with Gasteiger partial charge in [0.15, 0.2) is 0 Å². The molecule has 3 nitrogen and oxygen atoms in total. The normalized spacial score (nSPS) is 42.6. The van der Waals surface area contributed by atoms with Crippen molar-refractivity contribution in [3.63, 3.8) is 0 Å². The van der Waals surface area contributed by atoms with E-state index in [9.17, 15) is 5.11 Å². The molecule has 4 unspecified atom stereocenters. The molecule has 110 valence electrons. The maximum Gasteiger partial charge on any atom is 0.0695 e. The van der Waals surface area contributed by atoms with E-state index in [2.05, 4.69) is 16.7 Å². The predicted octanol–water partition coefficient (Wildman–Crippen LogP) is 2.24. The second-order valence-corrected chi connectivity index (χ2v) is 6.96. The van der Waals surface area contributed by atoms with Gasteiger partial charge in [0.1, 0.15) is 0 Å². The minimum absolute atomic E-state index is 0.0832. The van der Waals surface area contributed by atoms with Crippen LogP contribution >= 0.6 is 0 Å². The van der Waals surface area contributed by atoms with Crippen molar-refractivity contribution in [1.82, 2.24) is 9.80 Å². The molecule has 0 spiro atoms. The molecule has 3 rings (SSSR count). The number of rotatable bonds is 1. The van der Waals surface area contributed by atoms with Gasteiger partial charge in [-0.3, -0.25) is 9.80 Å². The maximum absolute atomic E-state index is 10.5. The molecule has 19 heavy (non-hydrogen) atoms. The Morgan fingerprint density at radius 3 is 2.58 bits per heavy atom. The van der Waals surface area contributed by atoms with Crippen LogP contribution in [0.5, 0.6) is 0 Å². The molecule has 1 saturated carbocycles. The number of piperidine rings is 1. The van der Waals surface area contributed by atoms with E-state index >= 15 is 0 Å². The molecule has 0 aromatic carbocycles. The molecule has 2 heterocycles. The average molecular weight is 266 g/mol. The van der Waals surface area contributed by atoms with Gasteiger partial charge < -0.3 is 5.11 Å². The van der Waals surface area contributed by atoms with E-state index in [1.165, 1.54) is 64.6 Å². The second kappa shape index (κ2) is 6.11. The Bertz CT molecular complexity index is 296. The minimum atomic E-state index is -0.0832. The molecular weight excluding hydrogens is 236 g/mol. The summed E-state index contributed by atoms with van der Waals surface area (Å²) in [5.41, 5.74) is 0. The van der Waals surface area contributed by atoms with Gasteiger partial charge in [-0.25, -0.2) is 0 Å². The number of aliphatic hydroxyl groups is 1. The lowest BCUT2D eigenvalue weighted by atomic mass is 9.93. The summed E-state index contributed by atoms with van der Waals surface area (Å²) in [7, 11) is 0. The van der Waals surface area contributed by atoms with Crippen molar-refractivity contribution >= 4 is 0 Å². The first-order valence-corrected chi connectivity index (χ1v) is 8.43. The first-order valence-electron chi connectivity index (χ1n) is 8.43. The summed E-state index contributed by atoms with van der Waals surface area (Å²) in [5.74, 6) is 0. The monoisotopic (exact) mass is 266 g/mol. The highest BCUT2D eigenvalue weighted by atomic mass is 16.3. The van der Waals surface area contributed by atoms with Crippen molar-refractivity contribution < 1.29 is 5.11 Å². The molecule has 0 amide bonds. The van der Waals surface area contributed by atoms with Gasteiger partial charge in [0, 0.05) is 31.2 Å². The summed E-state index contributed by atoms with van der Waals surface area (Å²) in [4.78, 5) is 5.36. The Labute approximate surface area is 118 Å². The molecule has 0 radical (unpaired) electrons. The van der Waals surface area contributed by atoms with Crippen molar-refractivity contribution in [2.45, 2.75) is 82.5 Å². The molecule has 1 N–H and O–H groups in total. The van der Waals surface area contributed by atoms with Gasteiger partial charge in [0.2, 0.25) is 0 Å². The van der Waals surface area contributed by atoms with Gasteiger partial charge in [0.05, 0.1) is 6.10 Å². The molecule has 2 saturated heterocycles. The highest BCUT2D eigenvalue weighted by Crippen LogP contribution is 2.30. The number of aliphatic hydroxyl groups excluding tert-OH is 1. The van der Waals surface area contributed by atoms with Gasteiger partial charge >= 0.3 is 0 Å². The van der Waals surface area contributed by atoms with Crippen molar-refractivity contribution in [3.05, 3.63) is 0 Å². The zero-order chi connectivity index (χ0) is 13.2. The Kier molecular flexibility index (Phi) is 4.45. The molecule has 3 aliphatic rings. The van der Waals surface area contributed by atoms with Crippen molar-refractivity contribution in [1.29, 1.82) is 0 Å². The molecule has 0 aromatic heterocycles. The standard InChI is InChI=1S/C16H30N2O/c1-13-11-17-10-6-5-7-14(17)12-18(13)15-8-3-2-4-9-16(15)19/h13-16,19H,2-12H2,1H3. The third kappa shape index (κ3) is 2.98. The van der Waals surface area contributed by atoms with Crippen LogP contribution in [0.1, 0.15) is 58.3 Å². The van der Waals surface area contributed by atoms with Gasteiger partial charge in [-0.1, -0.05) is 25.7 Å². The minimum Gasteiger partial charge on any atom is -0.391 e. The highest BCUT2D eigenvalue weighted by Gasteiger charge is 2.38. The van der Waals surface area contributed by atoms with Gasteiger partial charge in [-0.15, -0.1) is 0 Å². The van der Waals surface area contributed by atoms with Gasteiger partial charge in [-0.2, -0.15) is 0 Å². The smallest absolute Gasteiger partial charge is 0.0695 e. The topological polar surface area (TPSA) is 26.7 Å². The second-order valence-electron chi connectivity index (χ2n) is 6.96. The van der Waals surface area contributed by atoms with Crippen LogP contribution in [-0.2, 0) is 0 Å². The summed E-state index contributed by atoms with van der Waals surface area (Å²) in [5, 5.41) is 10.5. The summed E-state index contributed by atoms with van der Waals surface area (Å²) in [6.45, 7) is 6.08. The summed E-state index contributed by atoms with van der Waals surface area (Å²) < 4.78 is 0. The Hall–Kier alpha value is -0.120. The molecule has 2 aliphatic heterocycles. The van der Waals surface area contributed by atoms with Crippen LogP contribution in [0.25, 0.3) is 0 Å². The summed E-state index contributed by atoms with van der Waals surface area (Å²) in [6, 6.07) is 1.81. The first-order chi connectivity index (χ1) is 9.25. The number of hydrogen-bond donors (Lipinski definition) is 1. The van der Waals surface area contributed by atoms with Gasteiger partial charge in [-0.05, 0) is 39.2 Å². The fourth-order valence-electron chi connectivity index (χ4n) is 4.49. The van der Waals surface area contributed by atoms with E-state index in [1.807, 2.05) is 0 Å². The molecule has 3 fully saturated rings. The van der Waals surface area contributed by atoms with Crippen LogP contribution in [0.2, 0.25) is 0 Å². The number of piperazine rings is 1. The SMILES string of the molecule is CC1CN2CCCCC2CN1C1CCCCCC1O. The van der Waals surface area contributed by atoms with E-state index in [0.29, 0.717) is 12.1 Å². The van der Waals surface area contributed by atoms with Crippen molar-refractivity contribution in [2.75, 3.05) is 19.6 Å². The summed E-state index contributed by atoms with van der Waals surface area (Å²) in [6.07, 6.45) is 10.1. The van der Waals surface area contributed by atoms with Crippen LogP contribution in [0.4, 0.5) is 0 Å². The lowest BCUT2D eigenvalue weighted by Gasteiger charge is -2.50. The van der Waals surface area contributed by atoms with Crippen LogP contribution < -0.4 is 0 Å². The van der Waals surface area contributed by atoms with Gasteiger partial charge in [0.25, 0.3) is 0 Å². The zero-order valence-corrected chi connectivity index (χ0v) is 12.4. The van der Waals surface area contributed by atoms with E-state index in [1.54, 1.807) is 0 Å². The molecule has 1 aliphatic carbocycles. The van der Waals surface area contributed by atoms with Crippen LogP contribution in [0.3, 0.4) is 0 Å². The fourth-order valence-corrected chi connectivity index (χ4v) is 4.49. The molecule has 4 atom stereocenters. The third-order valence-corrected chi connectivity index (χ3v) is 5.61. The third-order valence-electron chi connectivity index (χ3n) is 5.61. The Morgan fingerprint density at radius 2 is 1.68 bits per heavy atom. The lowest BCUT2D eigenvalue weighted by Crippen LogP contribution is -2.62. The predicted molar refractivity (Wildman–Crippen MR) is 78.3 cm³/mol. The van der Waals surface area contributed by atoms with E-state index in [4.69, 9.17) is 0 Å². The first kappa shape index (κ1) is 13.8. The number of nitrogens with zero attached hydrogens (tertiary/aromatic N) is 2. The zero-order valence-electron chi connectivity index (χ0n) is 12.4. The van der Waals surface area contributed by atoms with Crippen molar-refractivity contribution in [2.24, 2.45) is 0 Å². The number of hydrogen-bond acceptors (Lipinski definition) is 3. The van der Waals surface area contributed by atoms with E-state index in [0.717, 1.165) is 12.5 Å². The van der Waals surface area contributed by atoms with Crippen LogP contribution in [-0.4, -0.2) is 58.8 Å². The quantitative estimate of drug-likeness (QED) is 0.737. The Balaban J connectivity index is 1.68. The molecule has 0 aromatic rings. The maximum atomic E-state index is 10.5. The van der Waals surface area contributed by atoms with Crippen LogP contribution in [0.15, 0.2) is 0 Å². The number of fused-ring (bicyclic) bond motifs is 1. The highest BCUT2D eigenvalue weighted by molar-refractivity contribution is 4.94. The fraction of sp³-hybridized carbons (Fsp3) is 1.00. The van der Waals surface area contributed by atoms with Crippen molar-refractivity contribution in [3.8, 4) is 0 Å². The van der Waals surface area contributed by atoms with E-state index < -0.39 is 0 Å². The molecule has 0 bridgehead atoms. The van der Waals surface area contributed by atoms with E-state index in [-0.39, 0.29) is 6.10 Å². The molecular formula is C16H30N2O. The molecule has 3 heteroatoms.